The molecule has 0 radical (unpaired) electrons. The van der Waals surface area contributed by atoms with E-state index in [2.05, 4.69) is 5.32 Å². The van der Waals surface area contributed by atoms with E-state index in [9.17, 15) is 17.7 Å². The predicted molar refractivity (Wildman–Crippen MR) is 59.4 cm³/mol. The van der Waals surface area contributed by atoms with Gasteiger partial charge < -0.3 is 23.0 Å². The molecule has 3 nitrogen and oxygen atoms in total. The molecule has 0 spiro atoms. The number of nitrogens with one attached hydrogen (secondary N) is 1. The van der Waals surface area contributed by atoms with Gasteiger partial charge in [0.25, 0.3) is 5.91 Å². The van der Waals surface area contributed by atoms with Crippen LogP contribution in [0.3, 0.4) is 0 Å². The molecule has 0 heterocycles. The molecule has 0 aliphatic heterocycles. The third kappa shape index (κ3) is 4.11. The van der Waals surface area contributed by atoms with Crippen LogP contribution in [0.15, 0.2) is 24.3 Å². The molecule has 0 saturated carbocycles. The first-order valence-corrected chi connectivity index (χ1v) is 5.02. The summed E-state index contributed by atoms with van der Waals surface area (Å²) < 4.78 is 41.7. The Hall–Kier alpha value is -1.50. The third-order valence-electron chi connectivity index (χ3n) is 2.14. The van der Waals surface area contributed by atoms with Crippen LogP contribution in [0, 0.1) is 0 Å². The fraction of sp³-hybridized carbons (Fsp3) is 0.300. The largest absolute Gasteiger partial charge is 0.509 e. The highest BCUT2D eigenvalue weighted by Gasteiger charge is 2.25. The number of ether oxygens (including phenoxy) is 1. The first-order chi connectivity index (χ1) is 7.95. The fourth-order valence-electron chi connectivity index (χ4n) is 1.22. The molecule has 1 rings (SSSR count). The molecule has 1 aromatic rings. The molecular formula is C10H12BF3NO2-. The number of carbonyl (C=O) groups is 1. The molecule has 0 bridgehead atoms. The lowest BCUT2D eigenvalue weighted by molar-refractivity contribution is 0.0937. The van der Waals surface area contributed by atoms with E-state index in [1.165, 1.54) is 7.11 Å². The summed E-state index contributed by atoms with van der Waals surface area (Å²) in [4.78, 5) is 11.4. The Labute approximate surface area is 97.0 Å². The van der Waals surface area contributed by atoms with Gasteiger partial charge >= 0.3 is 6.98 Å². The molecule has 0 fully saturated rings. The molecule has 0 saturated heterocycles. The lowest BCUT2D eigenvalue weighted by atomic mass is 9.80. The smallest absolute Gasteiger partial charge is 0.445 e. The molecule has 0 unspecified atom stereocenters. The maximum absolute atomic E-state index is 12.3. The van der Waals surface area contributed by atoms with Crippen LogP contribution in [0.25, 0.3) is 0 Å². The lowest BCUT2D eigenvalue weighted by Crippen LogP contribution is -2.34. The summed E-state index contributed by atoms with van der Waals surface area (Å²) in [5.41, 5.74) is -0.511. The van der Waals surface area contributed by atoms with Crippen molar-refractivity contribution in [3.05, 3.63) is 29.8 Å². The molecule has 0 aliphatic carbocycles. The van der Waals surface area contributed by atoms with Crippen LogP contribution in [0.4, 0.5) is 12.9 Å². The zero-order valence-corrected chi connectivity index (χ0v) is 9.25. The molecule has 1 amide bonds. The fourth-order valence-corrected chi connectivity index (χ4v) is 1.22. The monoisotopic (exact) mass is 246 g/mol. The topological polar surface area (TPSA) is 38.3 Å². The van der Waals surface area contributed by atoms with Crippen molar-refractivity contribution < 1.29 is 22.5 Å². The van der Waals surface area contributed by atoms with Crippen LogP contribution in [-0.2, 0) is 4.74 Å². The molecule has 94 valence electrons. The van der Waals surface area contributed by atoms with Crippen LogP contribution >= 0.6 is 0 Å². The van der Waals surface area contributed by atoms with Gasteiger partial charge in [0.15, 0.2) is 0 Å². The average Bonchev–Trinajstić information content (AvgIpc) is 2.28. The van der Waals surface area contributed by atoms with Gasteiger partial charge in [0, 0.05) is 19.2 Å². The summed E-state index contributed by atoms with van der Waals surface area (Å²) in [6, 6.07) is 4.13. The van der Waals surface area contributed by atoms with Gasteiger partial charge in [-0.1, -0.05) is 24.3 Å². The van der Waals surface area contributed by atoms with Crippen LogP contribution in [0.2, 0.25) is 0 Å². The SMILES string of the molecule is COCCNC(=O)c1ccc([B-](F)(F)F)cc1. The summed E-state index contributed by atoms with van der Waals surface area (Å²) in [6.45, 7) is -4.33. The first kappa shape index (κ1) is 13.6. The van der Waals surface area contributed by atoms with E-state index in [-0.39, 0.29) is 5.56 Å². The van der Waals surface area contributed by atoms with Crippen molar-refractivity contribution in [2.75, 3.05) is 20.3 Å². The maximum atomic E-state index is 12.3. The van der Waals surface area contributed by atoms with Crippen molar-refractivity contribution in [1.82, 2.24) is 5.32 Å². The zero-order valence-electron chi connectivity index (χ0n) is 9.25. The van der Waals surface area contributed by atoms with Gasteiger partial charge in [-0.15, -0.1) is 5.46 Å². The van der Waals surface area contributed by atoms with E-state index >= 15 is 0 Å². The normalized spacial score (nSPS) is 11.3. The number of hydrogen-bond donors (Lipinski definition) is 1. The summed E-state index contributed by atoms with van der Waals surface area (Å²) in [5, 5.41) is 2.52. The van der Waals surface area contributed by atoms with Gasteiger partial charge in [0.1, 0.15) is 0 Å². The highest BCUT2D eigenvalue weighted by molar-refractivity contribution is 6.73. The van der Waals surface area contributed by atoms with Crippen molar-refractivity contribution in [3.63, 3.8) is 0 Å². The van der Waals surface area contributed by atoms with E-state index in [1.807, 2.05) is 0 Å². The third-order valence-corrected chi connectivity index (χ3v) is 2.14. The molecule has 0 aromatic heterocycles. The molecule has 17 heavy (non-hydrogen) atoms. The Morgan fingerprint density at radius 3 is 2.35 bits per heavy atom. The highest BCUT2D eigenvalue weighted by atomic mass is 19.4. The Bertz CT molecular complexity index is 378. The average molecular weight is 246 g/mol. The number of hydrogen-bond acceptors (Lipinski definition) is 2. The molecule has 7 heteroatoms. The van der Waals surface area contributed by atoms with E-state index in [0.29, 0.717) is 13.2 Å². The van der Waals surface area contributed by atoms with E-state index in [1.54, 1.807) is 0 Å². The maximum Gasteiger partial charge on any atom is 0.509 e. The summed E-state index contributed by atoms with van der Waals surface area (Å²) in [5.74, 6) is -0.414. The number of carbonyl (C=O) groups excluding carboxylic acids is 1. The van der Waals surface area contributed by atoms with Gasteiger partial charge in [-0.25, -0.2) is 0 Å². The minimum absolute atomic E-state index is 0.199. The molecule has 1 aromatic carbocycles. The van der Waals surface area contributed by atoms with Gasteiger partial charge in [-0.3, -0.25) is 4.79 Å². The standard InChI is InChI=1S/C10H12BF3NO2/c1-17-7-6-15-10(16)8-2-4-9(5-3-8)11(12,13)14/h2-5H,6-7H2,1H3,(H,15,16)/q-1. The summed E-state index contributed by atoms with van der Waals surface area (Å²) in [7, 11) is 1.49. The Kier molecular flexibility index (Phi) is 4.57. The van der Waals surface area contributed by atoms with Gasteiger partial charge in [0.2, 0.25) is 0 Å². The van der Waals surface area contributed by atoms with Crippen LogP contribution in [0.1, 0.15) is 10.4 Å². The lowest BCUT2D eigenvalue weighted by Gasteiger charge is -2.14. The highest BCUT2D eigenvalue weighted by Crippen LogP contribution is 2.09. The summed E-state index contributed by atoms with van der Waals surface area (Å²) in [6.07, 6.45) is 0. The van der Waals surface area contributed by atoms with Crippen LogP contribution in [-0.4, -0.2) is 33.1 Å². The Morgan fingerprint density at radius 2 is 1.88 bits per heavy atom. The molecule has 1 N–H and O–H groups in total. The quantitative estimate of drug-likeness (QED) is 0.624. The van der Waals surface area contributed by atoms with Crippen LogP contribution < -0.4 is 10.8 Å². The molecule has 0 aliphatic rings. The van der Waals surface area contributed by atoms with Crippen molar-refractivity contribution in [1.29, 1.82) is 0 Å². The number of methoxy groups -OCH3 is 1. The minimum Gasteiger partial charge on any atom is -0.445 e. The zero-order chi connectivity index (χ0) is 12.9. The first-order valence-electron chi connectivity index (χ1n) is 5.02. The van der Waals surface area contributed by atoms with Crippen molar-refractivity contribution >= 4 is 18.3 Å². The van der Waals surface area contributed by atoms with Crippen LogP contribution in [0.5, 0.6) is 0 Å². The van der Waals surface area contributed by atoms with E-state index in [4.69, 9.17) is 4.74 Å². The second-order valence-electron chi connectivity index (χ2n) is 3.45. The number of rotatable bonds is 5. The van der Waals surface area contributed by atoms with E-state index in [0.717, 1.165) is 24.3 Å². The van der Waals surface area contributed by atoms with E-state index < -0.39 is 18.3 Å². The Balaban J connectivity index is 2.64. The number of halogens is 3. The summed E-state index contributed by atoms with van der Waals surface area (Å²) >= 11 is 0. The van der Waals surface area contributed by atoms with Gasteiger partial charge in [-0.05, 0) is 0 Å². The molecular weight excluding hydrogens is 234 g/mol. The predicted octanol–water partition coefficient (Wildman–Crippen LogP) is 1.12. The van der Waals surface area contributed by atoms with Gasteiger partial charge in [-0.2, -0.15) is 0 Å². The second kappa shape index (κ2) is 5.72. The minimum atomic E-state index is -5.01. The van der Waals surface area contributed by atoms with Crippen molar-refractivity contribution in [2.24, 2.45) is 0 Å². The number of benzene rings is 1. The van der Waals surface area contributed by atoms with Gasteiger partial charge in [0.05, 0.1) is 6.61 Å². The van der Waals surface area contributed by atoms with Crippen molar-refractivity contribution in [3.8, 4) is 0 Å². The number of amides is 1. The second-order valence-corrected chi connectivity index (χ2v) is 3.45. The Morgan fingerprint density at radius 1 is 1.29 bits per heavy atom. The molecule has 0 atom stereocenters. The van der Waals surface area contributed by atoms with Crippen molar-refractivity contribution in [2.45, 2.75) is 0 Å².